The highest BCUT2D eigenvalue weighted by atomic mass is 16.6. The van der Waals surface area contributed by atoms with Gasteiger partial charge >= 0.3 is 0 Å². The Labute approximate surface area is 85.6 Å². The average Bonchev–Trinajstić information content (AvgIpc) is 2.18. The third kappa shape index (κ3) is 4.97. The first kappa shape index (κ1) is 11.2. The molecule has 0 saturated carbocycles. The average molecular weight is 194 g/mol. The van der Waals surface area contributed by atoms with Crippen molar-refractivity contribution in [3.05, 3.63) is 35.9 Å². The van der Waals surface area contributed by atoms with Crippen LogP contribution in [0, 0.1) is 0 Å². The number of hydroxylamine groups is 1. The van der Waals surface area contributed by atoms with Crippen LogP contribution in [-0.2, 0) is 11.4 Å². The molecule has 0 radical (unpaired) electrons. The summed E-state index contributed by atoms with van der Waals surface area (Å²) in [6, 6.07) is 10.2. The summed E-state index contributed by atoms with van der Waals surface area (Å²) in [5.41, 5.74) is 4.16. The van der Waals surface area contributed by atoms with Crippen LogP contribution in [0.4, 0.5) is 0 Å². The number of likely N-dealkylation sites (N-methyl/N-ethyl adjacent to an activating group) is 1. The van der Waals surface area contributed by atoms with Gasteiger partial charge in [-0.05, 0) is 19.7 Å². The van der Waals surface area contributed by atoms with Crippen LogP contribution in [-0.4, -0.2) is 32.1 Å². The number of rotatable bonds is 6. The lowest BCUT2D eigenvalue weighted by atomic mass is 10.2. The number of hydrogen-bond acceptors (Lipinski definition) is 3. The molecule has 0 saturated heterocycles. The van der Waals surface area contributed by atoms with Gasteiger partial charge in [0.15, 0.2) is 0 Å². The zero-order valence-electron chi connectivity index (χ0n) is 8.86. The first-order chi connectivity index (χ1) is 6.79. The fourth-order valence-electron chi connectivity index (χ4n) is 1.03. The van der Waals surface area contributed by atoms with Crippen molar-refractivity contribution in [3.8, 4) is 0 Å². The molecule has 0 aliphatic heterocycles. The molecular formula is C11H18N2O. The number of hydrogen-bond donors (Lipinski definition) is 1. The lowest BCUT2D eigenvalue weighted by Crippen LogP contribution is -2.23. The van der Waals surface area contributed by atoms with E-state index in [-0.39, 0.29) is 0 Å². The van der Waals surface area contributed by atoms with E-state index < -0.39 is 0 Å². The van der Waals surface area contributed by atoms with Gasteiger partial charge in [0.1, 0.15) is 0 Å². The summed E-state index contributed by atoms with van der Waals surface area (Å²) >= 11 is 0. The number of nitrogens with one attached hydrogen (secondary N) is 1. The first-order valence-electron chi connectivity index (χ1n) is 4.82. The molecule has 3 heteroatoms. The van der Waals surface area contributed by atoms with Crippen molar-refractivity contribution in [2.45, 2.75) is 6.54 Å². The molecule has 0 aliphatic carbocycles. The first-order valence-corrected chi connectivity index (χ1v) is 4.82. The zero-order valence-corrected chi connectivity index (χ0v) is 8.86. The van der Waals surface area contributed by atoms with Gasteiger partial charge in [-0.1, -0.05) is 30.3 Å². The summed E-state index contributed by atoms with van der Waals surface area (Å²) < 4.78 is 0. The third-order valence-corrected chi connectivity index (χ3v) is 1.86. The Morgan fingerprint density at radius 1 is 1.21 bits per heavy atom. The predicted octanol–water partition coefficient (Wildman–Crippen LogP) is 1.27. The Morgan fingerprint density at radius 3 is 2.57 bits per heavy atom. The maximum atomic E-state index is 5.26. The molecule has 3 nitrogen and oxygen atoms in total. The molecule has 1 N–H and O–H groups in total. The van der Waals surface area contributed by atoms with Crippen LogP contribution in [0.5, 0.6) is 0 Å². The van der Waals surface area contributed by atoms with E-state index in [9.17, 15) is 0 Å². The van der Waals surface area contributed by atoms with Crippen molar-refractivity contribution in [2.24, 2.45) is 0 Å². The van der Waals surface area contributed by atoms with E-state index in [0.717, 1.165) is 13.1 Å². The van der Waals surface area contributed by atoms with E-state index >= 15 is 0 Å². The minimum atomic E-state index is 0.708. The maximum absolute atomic E-state index is 5.26. The molecule has 0 bridgehead atoms. The van der Waals surface area contributed by atoms with Gasteiger partial charge in [0.05, 0.1) is 6.61 Å². The molecule has 0 aliphatic rings. The molecule has 1 rings (SSSR count). The van der Waals surface area contributed by atoms with Gasteiger partial charge < -0.3 is 9.74 Å². The summed E-state index contributed by atoms with van der Waals surface area (Å²) in [7, 11) is 4.06. The van der Waals surface area contributed by atoms with Crippen LogP contribution < -0.4 is 5.48 Å². The predicted molar refractivity (Wildman–Crippen MR) is 57.8 cm³/mol. The molecule has 0 unspecified atom stereocenters. The molecule has 0 heterocycles. The molecule has 0 atom stereocenters. The summed E-state index contributed by atoms with van der Waals surface area (Å²) in [6.45, 7) is 2.40. The van der Waals surface area contributed by atoms with Crippen molar-refractivity contribution in [3.63, 3.8) is 0 Å². The van der Waals surface area contributed by atoms with Crippen molar-refractivity contribution in [2.75, 3.05) is 27.2 Å². The lowest BCUT2D eigenvalue weighted by Gasteiger charge is -2.10. The summed E-state index contributed by atoms with van der Waals surface area (Å²) in [6.07, 6.45) is 0. The van der Waals surface area contributed by atoms with E-state index in [2.05, 4.69) is 22.5 Å². The highest BCUT2D eigenvalue weighted by Crippen LogP contribution is 1.96. The van der Waals surface area contributed by atoms with Crippen molar-refractivity contribution >= 4 is 0 Å². The second-order valence-electron chi connectivity index (χ2n) is 3.46. The molecule has 0 aromatic heterocycles. The van der Waals surface area contributed by atoms with Crippen LogP contribution in [0.1, 0.15) is 5.56 Å². The normalized spacial score (nSPS) is 10.8. The number of nitrogens with zero attached hydrogens (tertiary/aromatic N) is 1. The molecule has 1 aromatic rings. The molecule has 0 spiro atoms. The van der Waals surface area contributed by atoms with Gasteiger partial charge in [-0.3, -0.25) is 0 Å². The molecule has 0 fully saturated rings. The van der Waals surface area contributed by atoms with Gasteiger partial charge in [0.25, 0.3) is 0 Å². The quantitative estimate of drug-likeness (QED) is 0.545. The van der Waals surface area contributed by atoms with Crippen LogP contribution in [0.3, 0.4) is 0 Å². The summed E-state index contributed by atoms with van der Waals surface area (Å²) in [5.74, 6) is 0. The van der Waals surface area contributed by atoms with Gasteiger partial charge in [-0.15, -0.1) is 0 Å². The Kier molecular flexibility index (Phi) is 5.22. The van der Waals surface area contributed by atoms with E-state index in [1.54, 1.807) is 0 Å². The highest BCUT2D eigenvalue weighted by Gasteiger charge is 1.92. The van der Waals surface area contributed by atoms with E-state index in [0.29, 0.717) is 6.61 Å². The molecule has 0 amide bonds. The third-order valence-electron chi connectivity index (χ3n) is 1.86. The van der Waals surface area contributed by atoms with Gasteiger partial charge in [-0.25, -0.2) is 0 Å². The second kappa shape index (κ2) is 6.54. The Morgan fingerprint density at radius 2 is 1.93 bits per heavy atom. The maximum Gasteiger partial charge on any atom is 0.0809 e. The fraction of sp³-hybridized carbons (Fsp3) is 0.455. The largest absolute Gasteiger partial charge is 0.307 e. The van der Waals surface area contributed by atoms with Gasteiger partial charge in [0.2, 0.25) is 0 Å². The second-order valence-corrected chi connectivity index (χ2v) is 3.46. The van der Waals surface area contributed by atoms with Crippen molar-refractivity contribution in [1.29, 1.82) is 0 Å². The van der Waals surface area contributed by atoms with Crippen LogP contribution in [0.15, 0.2) is 30.3 Å². The Balaban J connectivity index is 2.05. The fourth-order valence-corrected chi connectivity index (χ4v) is 1.03. The molecule has 1 aromatic carbocycles. The molecular weight excluding hydrogens is 176 g/mol. The Bertz CT molecular complexity index is 236. The minimum Gasteiger partial charge on any atom is -0.307 e. The Hall–Kier alpha value is -0.900. The zero-order chi connectivity index (χ0) is 10.2. The standard InChI is InChI=1S/C11H18N2O/c1-13(2)8-9-14-12-10-11-6-4-3-5-7-11/h3-7,12H,8-10H2,1-2H3. The van der Waals surface area contributed by atoms with E-state index in [4.69, 9.17) is 4.84 Å². The van der Waals surface area contributed by atoms with Crippen LogP contribution >= 0.6 is 0 Å². The van der Waals surface area contributed by atoms with Crippen LogP contribution in [0.25, 0.3) is 0 Å². The van der Waals surface area contributed by atoms with E-state index in [1.165, 1.54) is 5.56 Å². The lowest BCUT2D eigenvalue weighted by molar-refractivity contribution is 0.0283. The van der Waals surface area contributed by atoms with E-state index in [1.807, 2.05) is 32.3 Å². The van der Waals surface area contributed by atoms with Crippen molar-refractivity contribution < 1.29 is 4.84 Å². The highest BCUT2D eigenvalue weighted by molar-refractivity contribution is 5.13. The van der Waals surface area contributed by atoms with Crippen molar-refractivity contribution in [1.82, 2.24) is 10.4 Å². The van der Waals surface area contributed by atoms with Crippen LogP contribution in [0.2, 0.25) is 0 Å². The monoisotopic (exact) mass is 194 g/mol. The number of benzene rings is 1. The molecule has 78 valence electrons. The summed E-state index contributed by atoms with van der Waals surface area (Å²) in [4.78, 5) is 7.34. The smallest absolute Gasteiger partial charge is 0.0809 e. The minimum absolute atomic E-state index is 0.708. The van der Waals surface area contributed by atoms with Gasteiger partial charge in [-0.2, -0.15) is 5.48 Å². The van der Waals surface area contributed by atoms with Gasteiger partial charge in [0, 0.05) is 13.1 Å². The summed E-state index contributed by atoms with van der Waals surface area (Å²) in [5, 5.41) is 0. The molecule has 14 heavy (non-hydrogen) atoms. The topological polar surface area (TPSA) is 24.5 Å². The SMILES string of the molecule is CN(C)CCONCc1ccccc1.